The van der Waals surface area contributed by atoms with Crippen molar-refractivity contribution in [3.8, 4) is 17.0 Å². The van der Waals surface area contributed by atoms with Gasteiger partial charge in [-0.25, -0.2) is 9.59 Å². The molecule has 4 aromatic rings. The second-order valence-electron chi connectivity index (χ2n) is 14.3. The number of esters is 1. The van der Waals surface area contributed by atoms with Crippen LogP contribution in [0.1, 0.15) is 93.1 Å². The van der Waals surface area contributed by atoms with Gasteiger partial charge in [-0.3, -0.25) is 4.90 Å². The fourth-order valence-electron chi connectivity index (χ4n) is 7.62. The number of rotatable bonds is 9. The molecule has 1 atom stereocenters. The molecule has 0 bridgehead atoms. The molecule has 1 saturated carbocycles. The smallest absolute Gasteiger partial charge is 0.410 e. The molecule has 2 fully saturated rings. The number of aliphatic hydroxyl groups is 1. The van der Waals surface area contributed by atoms with Gasteiger partial charge in [-0.2, -0.15) is 0 Å². The molecular weight excluding hydrogens is 604 g/mol. The fraction of sp³-hybridized carbons (Fsp3) is 0.450. The predicted octanol–water partition coefficient (Wildman–Crippen LogP) is 8.48. The molecule has 254 valence electrons. The Labute approximate surface area is 283 Å². The minimum Gasteiger partial charge on any atom is -0.488 e. The Morgan fingerprint density at radius 2 is 1.67 bits per heavy atom. The zero-order chi connectivity index (χ0) is 33.9. The van der Waals surface area contributed by atoms with Crippen LogP contribution < -0.4 is 4.74 Å². The minimum absolute atomic E-state index is 0.229. The van der Waals surface area contributed by atoms with E-state index in [9.17, 15) is 14.7 Å². The van der Waals surface area contributed by atoms with Gasteiger partial charge in [-0.05, 0) is 87.8 Å². The molecule has 1 aromatic heterocycles. The summed E-state index contributed by atoms with van der Waals surface area (Å²) in [6.45, 7) is 6.56. The van der Waals surface area contributed by atoms with Gasteiger partial charge >= 0.3 is 12.1 Å². The number of ether oxygens (including phenoxy) is 3. The monoisotopic (exact) mass is 652 g/mol. The van der Waals surface area contributed by atoms with Gasteiger partial charge in [-0.1, -0.05) is 67.8 Å². The van der Waals surface area contributed by atoms with Crippen LogP contribution >= 0.6 is 0 Å². The third-order valence-electron chi connectivity index (χ3n) is 9.87. The molecule has 1 aliphatic heterocycles. The molecule has 8 nitrogen and oxygen atoms in total. The lowest BCUT2D eigenvalue weighted by Crippen LogP contribution is -2.54. The maximum Gasteiger partial charge on any atom is 0.410 e. The number of likely N-dealkylation sites (tertiary alicyclic amines) is 1. The first-order valence-corrected chi connectivity index (χ1v) is 17.3. The molecule has 1 amide bonds. The van der Waals surface area contributed by atoms with Gasteiger partial charge in [0, 0.05) is 29.6 Å². The van der Waals surface area contributed by atoms with Gasteiger partial charge in [0.1, 0.15) is 18.0 Å². The highest BCUT2D eigenvalue weighted by Gasteiger charge is 2.46. The largest absolute Gasteiger partial charge is 0.488 e. The molecule has 3 aromatic carbocycles. The van der Waals surface area contributed by atoms with E-state index in [0.29, 0.717) is 37.6 Å². The summed E-state index contributed by atoms with van der Waals surface area (Å²) in [5, 5.41) is 12.2. The molecular formula is C40H48N2O6. The Kier molecular flexibility index (Phi) is 9.83. The van der Waals surface area contributed by atoms with Crippen molar-refractivity contribution in [2.45, 2.75) is 95.9 Å². The highest BCUT2D eigenvalue weighted by Crippen LogP contribution is 2.48. The van der Waals surface area contributed by atoms with Gasteiger partial charge in [0.05, 0.1) is 30.5 Å². The van der Waals surface area contributed by atoms with Gasteiger partial charge in [0.25, 0.3) is 0 Å². The summed E-state index contributed by atoms with van der Waals surface area (Å²) in [5.74, 6) is 0.647. The summed E-state index contributed by atoms with van der Waals surface area (Å²) >= 11 is 0. The average molecular weight is 653 g/mol. The van der Waals surface area contributed by atoms with Crippen molar-refractivity contribution >= 4 is 23.0 Å². The maximum atomic E-state index is 13.7. The van der Waals surface area contributed by atoms with E-state index >= 15 is 0 Å². The van der Waals surface area contributed by atoms with E-state index in [4.69, 9.17) is 14.2 Å². The van der Waals surface area contributed by atoms with E-state index < -0.39 is 23.2 Å². The van der Waals surface area contributed by atoms with Crippen LogP contribution in [0.15, 0.2) is 72.8 Å². The number of benzene rings is 3. The second-order valence-corrected chi connectivity index (χ2v) is 14.3. The predicted molar refractivity (Wildman–Crippen MR) is 187 cm³/mol. The molecule has 48 heavy (non-hydrogen) atoms. The van der Waals surface area contributed by atoms with Gasteiger partial charge in [-0.15, -0.1) is 0 Å². The Balaban J connectivity index is 1.57. The van der Waals surface area contributed by atoms with Crippen LogP contribution in [0.3, 0.4) is 0 Å². The lowest BCUT2D eigenvalue weighted by atomic mass is 9.81. The topological polar surface area (TPSA) is 90.2 Å². The number of aliphatic hydroxyl groups excluding tert-OH is 1. The van der Waals surface area contributed by atoms with E-state index in [1.807, 2.05) is 75.4 Å². The van der Waals surface area contributed by atoms with Crippen LogP contribution in [0.25, 0.3) is 22.2 Å². The van der Waals surface area contributed by atoms with Gasteiger partial charge in [0.15, 0.2) is 0 Å². The molecule has 2 aliphatic rings. The number of carbonyl (C=O) groups is 2. The van der Waals surface area contributed by atoms with E-state index in [-0.39, 0.29) is 6.61 Å². The van der Waals surface area contributed by atoms with Crippen molar-refractivity contribution in [3.63, 3.8) is 0 Å². The third-order valence-corrected chi connectivity index (χ3v) is 9.87. The normalized spacial score (nSPS) is 18.6. The Bertz CT molecular complexity index is 1750. The van der Waals surface area contributed by atoms with E-state index in [1.54, 1.807) is 4.90 Å². The second kappa shape index (κ2) is 14.0. The van der Waals surface area contributed by atoms with Crippen molar-refractivity contribution in [1.29, 1.82) is 0 Å². The molecule has 8 heteroatoms. The first-order chi connectivity index (χ1) is 23.1. The highest BCUT2D eigenvalue weighted by atomic mass is 16.6. The van der Waals surface area contributed by atoms with E-state index in [0.717, 1.165) is 65.6 Å². The molecule has 1 N–H and O–H groups in total. The molecule has 1 aliphatic carbocycles. The number of amides is 1. The van der Waals surface area contributed by atoms with Crippen molar-refractivity contribution in [3.05, 3.63) is 89.5 Å². The summed E-state index contributed by atoms with van der Waals surface area (Å²) in [7, 11) is 1.39. The first kappa shape index (κ1) is 33.6. The number of carbonyl (C=O) groups excluding carboxylic acids is 2. The Morgan fingerprint density at radius 3 is 2.38 bits per heavy atom. The van der Waals surface area contributed by atoms with Crippen LogP contribution in [-0.4, -0.2) is 58.0 Å². The van der Waals surface area contributed by atoms with E-state index in [1.165, 1.54) is 19.1 Å². The standard InChI is InChI=1S/C40H48N2O6/c1-39(2,3)48-38(45)42-23-13-22-40(42,27-43)26-41-33-24-30(37(44)46-4)20-21-31(33)35(29-16-9-6-10-17-29)36(41)32-18-11-12-19-34(32)47-25-28-14-7-5-8-15-28/h5,7-8,11-12,14-15,18-21,24,29,43H,6,9-10,13,16-17,22-23,25-27H2,1-4H3/t40-/m1/s1. The molecule has 0 radical (unpaired) electrons. The zero-order valence-corrected chi connectivity index (χ0v) is 28.7. The van der Waals surface area contributed by atoms with E-state index in [2.05, 4.69) is 22.8 Å². The number of hydrogen-bond donors (Lipinski definition) is 1. The number of fused-ring (bicyclic) bond motifs is 1. The Morgan fingerprint density at radius 1 is 0.938 bits per heavy atom. The first-order valence-electron chi connectivity index (χ1n) is 17.3. The maximum absolute atomic E-state index is 13.7. The molecule has 6 rings (SSSR count). The lowest BCUT2D eigenvalue weighted by molar-refractivity contribution is -0.00881. The molecule has 1 saturated heterocycles. The van der Waals surface area contributed by atoms with Crippen LogP contribution in [0.2, 0.25) is 0 Å². The average Bonchev–Trinajstić information content (AvgIpc) is 3.66. The lowest BCUT2D eigenvalue weighted by Gasteiger charge is -2.39. The van der Waals surface area contributed by atoms with Crippen molar-refractivity contribution < 1.29 is 28.9 Å². The summed E-state index contributed by atoms with van der Waals surface area (Å²) in [6.07, 6.45) is 6.57. The quantitative estimate of drug-likeness (QED) is 0.183. The minimum atomic E-state index is -0.909. The summed E-state index contributed by atoms with van der Waals surface area (Å²) < 4.78 is 19.8. The number of methoxy groups -OCH3 is 1. The zero-order valence-electron chi connectivity index (χ0n) is 28.7. The van der Waals surface area contributed by atoms with Crippen LogP contribution in [-0.2, 0) is 22.6 Å². The van der Waals surface area contributed by atoms with Gasteiger partial charge < -0.3 is 23.9 Å². The van der Waals surface area contributed by atoms with Gasteiger partial charge in [0.2, 0.25) is 0 Å². The van der Waals surface area contributed by atoms with Crippen LogP contribution in [0.4, 0.5) is 4.79 Å². The number of aromatic nitrogens is 1. The van der Waals surface area contributed by atoms with Crippen molar-refractivity contribution in [1.82, 2.24) is 9.47 Å². The van der Waals surface area contributed by atoms with Crippen molar-refractivity contribution in [2.24, 2.45) is 0 Å². The number of hydrogen-bond acceptors (Lipinski definition) is 6. The van der Waals surface area contributed by atoms with Crippen molar-refractivity contribution in [2.75, 3.05) is 20.3 Å². The third kappa shape index (κ3) is 6.81. The number of nitrogens with zero attached hydrogens (tertiary/aromatic N) is 2. The number of para-hydroxylation sites is 1. The molecule has 0 unspecified atom stereocenters. The van der Waals surface area contributed by atoms with Crippen LogP contribution in [0.5, 0.6) is 5.75 Å². The molecule has 0 spiro atoms. The summed E-state index contributed by atoms with van der Waals surface area (Å²) in [5.41, 5.74) is 3.99. The summed E-state index contributed by atoms with van der Waals surface area (Å²) in [4.78, 5) is 28.3. The fourth-order valence-corrected chi connectivity index (χ4v) is 7.62. The molecule has 2 heterocycles. The highest BCUT2D eigenvalue weighted by molar-refractivity contribution is 5.99. The summed E-state index contributed by atoms with van der Waals surface area (Å²) in [6, 6.07) is 24.0. The van der Waals surface area contributed by atoms with Crippen LogP contribution in [0, 0.1) is 0 Å². The SMILES string of the molecule is COC(=O)c1ccc2c(C3CCCCC3)c(-c3ccccc3OCc3ccccc3)n(C[C@@]3(CO)CCCN3C(=O)OC(C)(C)C)c2c1. The Hall–Kier alpha value is -4.30.